The van der Waals surface area contributed by atoms with E-state index in [1.165, 1.54) is 38.8 Å². The Hall–Kier alpha value is -0.570. The van der Waals surface area contributed by atoms with Gasteiger partial charge in [-0.3, -0.25) is 4.79 Å². The number of aliphatic carboxylic acids is 1. The molecule has 0 amide bonds. The minimum Gasteiger partial charge on any atom is -0.481 e. The third-order valence-electron chi connectivity index (χ3n) is 4.28. The number of carboxylic acid groups (broad SMARTS) is 1. The van der Waals surface area contributed by atoms with Gasteiger partial charge in [-0.15, -0.1) is 0 Å². The maximum atomic E-state index is 10.5. The van der Waals surface area contributed by atoms with Gasteiger partial charge in [0.05, 0.1) is 0 Å². The van der Waals surface area contributed by atoms with Crippen molar-refractivity contribution < 1.29 is 9.90 Å². The van der Waals surface area contributed by atoms with E-state index in [1.807, 2.05) is 0 Å². The van der Waals surface area contributed by atoms with Crippen LogP contribution in [0.2, 0.25) is 0 Å². The smallest absolute Gasteiger partial charge is 0.303 e. The van der Waals surface area contributed by atoms with Gasteiger partial charge in [0.15, 0.2) is 0 Å². The second-order valence-corrected chi connectivity index (χ2v) is 5.64. The lowest BCUT2D eigenvalue weighted by Crippen LogP contribution is -2.47. The molecule has 0 atom stereocenters. The highest BCUT2D eigenvalue weighted by atomic mass is 16.4. The maximum Gasteiger partial charge on any atom is 0.303 e. The number of hydrogen-bond donors (Lipinski definition) is 1. The van der Waals surface area contributed by atoms with Crippen LogP contribution in [0.3, 0.4) is 0 Å². The average molecular weight is 225 g/mol. The van der Waals surface area contributed by atoms with Gasteiger partial charge >= 0.3 is 5.97 Å². The summed E-state index contributed by atoms with van der Waals surface area (Å²) in [6.07, 6.45) is 6.39. The lowest BCUT2D eigenvalue weighted by atomic mass is 9.79. The molecule has 0 unspecified atom stereocenters. The van der Waals surface area contributed by atoms with Crippen LogP contribution < -0.4 is 0 Å². The summed E-state index contributed by atoms with van der Waals surface area (Å²) in [5.74, 6) is 0.940. The Labute approximate surface area is 97.8 Å². The van der Waals surface area contributed by atoms with E-state index in [0.717, 1.165) is 18.4 Å². The largest absolute Gasteiger partial charge is 0.481 e. The van der Waals surface area contributed by atoms with Crippen LogP contribution in [-0.2, 0) is 4.79 Å². The summed E-state index contributed by atoms with van der Waals surface area (Å²) in [4.78, 5) is 13.1. The highest BCUT2D eigenvalue weighted by Gasteiger charge is 2.32. The Morgan fingerprint density at radius 3 is 2.44 bits per heavy atom. The van der Waals surface area contributed by atoms with Crippen LogP contribution in [-0.4, -0.2) is 35.1 Å². The molecule has 1 N–H and O–H groups in total. The molecule has 1 saturated carbocycles. The highest BCUT2D eigenvalue weighted by molar-refractivity contribution is 5.66. The van der Waals surface area contributed by atoms with E-state index in [0.29, 0.717) is 12.3 Å². The molecule has 0 radical (unpaired) electrons. The van der Waals surface area contributed by atoms with E-state index < -0.39 is 5.97 Å². The van der Waals surface area contributed by atoms with Gasteiger partial charge in [0.25, 0.3) is 0 Å². The molecule has 1 heterocycles. The van der Waals surface area contributed by atoms with Crippen LogP contribution in [0.4, 0.5) is 0 Å². The molecule has 3 nitrogen and oxygen atoms in total. The molecule has 3 heteroatoms. The van der Waals surface area contributed by atoms with E-state index in [9.17, 15) is 4.79 Å². The van der Waals surface area contributed by atoms with Crippen molar-refractivity contribution in [3.8, 4) is 0 Å². The molecule has 2 rings (SSSR count). The van der Waals surface area contributed by atoms with Crippen molar-refractivity contribution in [2.45, 2.75) is 51.5 Å². The summed E-state index contributed by atoms with van der Waals surface area (Å²) >= 11 is 0. The fourth-order valence-corrected chi connectivity index (χ4v) is 3.09. The molecule has 1 aliphatic carbocycles. The maximum absolute atomic E-state index is 10.5. The molecule has 92 valence electrons. The predicted molar refractivity (Wildman–Crippen MR) is 63.4 cm³/mol. The number of likely N-dealkylation sites (tertiary alicyclic amines) is 1. The van der Waals surface area contributed by atoms with Gasteiger partial charge in [-0.25, -0.2) is 0 Å². The first-order valence-corrected chi connectivity index (χ1v) is 6.61. The van der Waals surface area contributed by atoms with Crippen LogP contribution in [0.15, 0.2) is 0 Å². The van der Waals surface area contributed by atoms with Crippen molar-refractivity contribution in [3.63, 3.8) is 0 Å². The van der Waals surface area contributed by atoms with Crippen LogP contribution in [0.25, 0.3) is 0 Å². The zero-order chi connectivity index (χ0) is 11.5. The molecule has 1 aliphatic heterocycles. The Morgan fingerprint density at radius 2 is 1.94 bits per heavy atom. The molecule has 0 aromatic heterocycles. The van der Waals surface area contributed by atoms with Crippen molar-refractivity contribution in [3.05, 3.63) is 0 Å². The fourth-order valence-electron chi connectivity index (χ4n) is 3.09. The van der Waals surface area contributed by atoms with E-state index in [4.69, 9.17) is 5.11 Å². The van der Waals surface area contributed by atoms with Crippen molar-refractivity contribution in [2.24, 2.45) is 11.8 Å². The zero-order valence-electron chi connectivity index (χ0n) is 10.2. The van der Waals surface area contributed by atoms with Gasteiger partial charge in [-0.1, -0.05) is 6.92 Å². The van der Waals surface area contributed by atoms with E-state index in [-0.39, 0.29) is 0 Å². The molecular weight excluding hydrogens is 202 g/mol. The zero-order valence-corrected chi connectivity index (χ0v) is 10.2. The van der Waals surface area contributed by atoms with Gasteiger partial charge in [-0.05, 0) is 57.0 Å². The van der Waals surface area contributed by atoms with Crippen molar-refractivity contribution in [2.75, 3.05) is 13.1 Å². The number of rotatable bonds is 4. The lowest BCUT2D eigenvalue weighted by Gasteiger charge is -2.44. The summed E-state index contributed by atoms with van der Waals surface area (Å²) < 4.78 is 0. The summed E-state index contributed by atoms with van der Waals surface area (Å²) in [6, 6.07) is 0.843. The Balaban J connectivity index is 1.64. The van der Waals surface area contributed by atoms with E-state index >= 15 is 0 Å². The van der Waals surface area contributed by atoms with E-state index in [1.54, 1.807) is 0 Å². The number of piperidine rings is 1. The van der Waals surface area contributed by atoms with Crippen LogP contribution in [0.5, 0.6) is 0 Å². The van der Waals surface area contributed by atoms with Crippen molar-refractivity contribution in [1.82, 2.24) is 4.90 Å². The Bertz CT molecular complexity index is 240. The van der Waals surface area contributed by atoms with Crippen LogP contribution in [0.1, 0.15) is 45.4 Å². The van der Waals surface area contributed by atoms with Gasteiger partial charge < -0.3 is 10.0 Å². The quantitative estimate of drug-likeness (QED) is 0.798. The number of hydrogen-bond acceptors (Lipinski definition) is 2. The van der Waals surface area contributed by atoms with Gasteiger partial charge in [-0.2, -0.15) is 0 Å². The second-order valence-electron chi connectivity index (χ2n) is 5.64. The first-order valence-electron chi connectivity index (χ1n) is 6.61. The SMILES string of the molecule is CC1CC(N2CCC(CCC(=O)O)CC2)C1. The summed E-state index contributed by atoms with van der Waals surface area (Å²) in [5.41, 5.74) is 0. The third kappa shape index (κ3) is 2.97. The van der Waals surface area contributed by atoms with Gasteiger partial charge in [0.1, 0.15) is 0 Å². The minimum absolute atomic E-state index is 0.352. The Morgan fingerprint density at radius 1 is 1.31 bits per heavy atom. The normalized spacial score (nSPS) is 32.3. The number of carboxylic acids is 1. The summed E-state index contributed by atoms with van der Waals surface area (Å²) in [6.45, 7) is 4.72. The molecule has 2 aliphatic rings. The monoisotopic (exact) mass is 225 g/mol. The lowest BCUT2D eigenvalue weighted by molar-refractivity contribution is -0.137. The highest BCUT2D eigenvalue weighted by Crippen LogP contribution is 2.34. The third-order valence-corrected chi connectivity index (χ3v) is 4.28. The van der Waals surface area contributed by atoms with Crippen molar-refractivity contribution in [1.29, 1.82) is 0 Å². The molecule has 16 heavy (non-hydrogen) atoms. The fraction of sp³-hybridized carbons (Fsp3) is 0.923. The molecule has 0 aromatic rings. The molecule has 0 aromatic carbocycles. The summed E-state index contributed by atoms with van der Waals surface area (Å²) in [5, 5.41) is 8.65. The van der Waals surface area contributed by atoms with Crippen molar-refractivity contribution >= 4 is 5.97 Å². The average Bonchev–Trinajstić information content (AvgIpc) is 2.23. The van der Waals surface area contributed by atoms with E-state index in [2.05, 4.69) is 11.8 Å². The van der Waals surface area contributed by atoms with Crippen LogP contribution >= 0.6 is 0 Å². The first-order chi connectivity index (χ1) is 7.65. The molecule has 2 fully saturated rings. The molecule has 0 bridgehead atoms. The second kappa shape index (κ2) is 5.17. The van der Waals surface area contributed by atoms with Gasteiger partial charge in [0.2, 0.25) is 0 Å². The minimum atomic E-state index is -0.643. The van der Waals surface area contributed by atoms with Crippen LogP contribution in [0, 0.1) is 11.8 Å². The molecule has 0 spiro atoms. The number of carbonyl (C=O) groups is 1. The number of nitrogens with zero attached hydrogens (tertiary/aromatic N) is 1. The summed E-state index contributed by atoms with van der Waals surface area (Å²) in [7, 11) is 0. The van der Waals surface area contributed by atoms with Gasteiger partial charge in [0, 0.05) is 12.5 Å². The Kier molecular flexibility index (Phi) is 3.85. The standard InChI is InChI=1S/C13H23NO2/c1-10-8-12(9-10)14-6-4-11(5-7-14)2-3-13(15)16/h10-12H,2-9H2,1H3,(H,15,16). The topological polar surface area (TPSA) is 40.5 Å². The predicted octanol–water partition coefficient (Wildman–Crippen LogP) is 2.36. The molecular formula is C13H23NO2. The molecule has 1 saturated heterocycles. The first kappa shape index (κ1) is 11.9.